The lowest BCUT2D eigenvalue weighted by Gasteiger charge is -2.22. The highest BCUT2D eigenvalue weighted by atomic mass is 35.5. The number of nitrogens with two attached hydrogens (primary N) is 1. The molecule has 0 bridgehead atoms. The summed E-state index contributed by atoms with van der Waals surface area (Å²) in [6.07, 6.45) is 0. The second-order valence-electron chi connectivity index (χ2n) is 4.64. The fourth-order valence-corrected chi connectivity index (χ4v) is 2.09. The molecule has 0 unspecified atom stereocenters. The number of aryl methyl sites for hydroxylation is 1. The first-order chi connectivity index (χ1) is 8.97. The number of anilines is 2. The lowest BCUT2D eigenvalue weighted by molar-refractivity contribution is 0.619. The Bertz CT molecular complexity index is 581. The van der Waals surface area contributed by atoms with E-state index in [0.717, 1.165) is 11.3 Å². The van der Waals surface area contributed by atoms with E-state index in [0.29, 0.717) is 22.8 Å². The van der Waals surface area contributed by atoms with Crippen molar-refractivity contribution in [2.75, 3.05) is 17.7 Å². The third kappa shape index (κ3) is 3.18. The molecule has 19 heavy (non-hydrogen) atoms. The molecule has 0 radical (unpaired) electrons. The van der Waals surface area contributed by atoms with Crippen LogP contribution in [0.3, 0.4) is 0 Å². The maximum Gasteiger partial charge on any atom is 0.128 e. The second-order valence-corrected chi connectivity index (χ2v) is 5.08. The molecule has 4 heteroatoms. The Morgan fingerprint density at radius 1 is 1.21 bits per heavy atom. The number of nitrogens with zero attached hydrogens (tertiary/aromatic N) is 1. The van der Waals surface area contributed by atoms with E-state index in [2.05, 4.69) is 0 Å². The molecule has 0 amide bonds. The predicted octanol–water partition coefficient (Wildman–Crippen LogP) is 4.01. The normalized spacial score (nSPS) is 10.5. The van der Waals surface area contributed by atoms with Gasteiger partial charge in [0.05, 0.1) is 11.4 Å². The van der Waals surface area contributed by atoms with Gasteiger partial charge in [0.15, 0.2) is 0 Å². The van der Waals surface area contributed by atoms with Crippen molar-refractivity contribution < 1.29 is 4.39 Å². The molecule has 2 nitrogen and oxygen atoms in total. The van der Waals surface area contributed by atoms with Crippen LogP contribution < -0.4 is 10.6 Å². The Hall–Kier alpha value is -1.74. The Kier molecular flexibility index (Phi) is 3.96. The first-order valence-electron chi connectivity index (χ1n) is 5.98. The molecule has 0 spiro atoms. The van der Waals surface area contributed by atoms with Crippen molar-refractivity contribution in [3.8, 4) is 0 Å². The molecule has 0 aliphatic rings. The van der Waals surface area contributed by atoms with Gasteiger partial charge in [-0.1, -0.05) is 23.7 Å². The lowest BCUT2D eigenvalue weighted by atomic mass is 10.1. The van der Waals surface area contributed by atoms with E-state index in [9.17, 15) is 4.39 Å². The number of nitrogen functional groups attached to an aromatic ring is 1. The molecule has 0 saturated carbocycles. The molecule has 2 aromatic carbocycles. The van der Waals surface area contributed by atoms with E-state index in [1.165, 1.54) is 6.07 Å². The standard InChI is InChI=1S/C15H16ClFN2/c1-10-7-15(14(18)8-13(10)17)19(2)9-11-3-5-12(16)6-4-11/h3-8H,9,18H2,1-2H3. The summed E-state index contributed by atoms with van der Waals surface area (Å²) in [5, 5.41) is 0.712. The third-order valence-corrected chi connectivity index (χ3v) is 3.30. The number of hydrogen-bond donors (Lipinski definition) is 1. The summed E-state index contributed by atoms with van der Waals surface area (Å²) in [7, 11) is 1.93. The van der Waals surface area contributed by atoms with E-state index in [4.69, 9.17) is 17.3 Å². The molecule has 2 aromatic rings. The van der Waals surface area contributed by atoms with Crippen molar-refractivity contribution in [1.82, 2.24) is 0 Å². The van der Waals surface area contributed by atoms with Gasteiger partial charge in [-0.25, -0.2) is 4.39 Å². The fraction of sp³-hybridized carbons (Fsp3) is 0.200. The quantitative estimate of drug-likeness (QED) is 0.860. The zero-order valence-electron chi connectivity index (χ0n) is 11.0. The van der Waals surface area contributed by atoms with Crippen LogP contribution in [0.5, 0.6) is 0 Å². The molecule has 100 valence electrons. The van der Waals surface area contributed by atoms with Gasteiger partial charge in [0.25, 0.3) is 0 Å². The summed E-state index contributed by atoms with van der Waals surface area (Å²) in [6.45, 7) is 2.42. The first-order valence-corrected chi connectivity index (χ1v) is 6.36. The Morgan fingerprint density at radius 3 is 2.47 bits per heavy atom. The highest BCUT2D eigenvalue weighted by Crippen LogP contribution is 2.27. The molecule has 0 fully saturated rings. The predicted molar refractivity (Wildman–Crippen MR) is 79.1 cm³/mol. The SMILES string of the molecule is Cc1cc(N(C)Cc2ccc(Cl)cc2)c(N)cc1F. The van der Waals surface area contributed by atoms with E-state index in [1.54, 1.807) is 13.0 Å². The topological polar surface area (TPSA) is 29.3 Å². The molecule has 2 N–H and O–H groups in total. The van der Waals surface area contributed by atoms with Crippen LogP contribution in [0.15, 0.2) is 36.4 Å². The van der Waals surface area contributed by atoms with Gasteiger partial charge in [0, 0.05) is 18.6 Å². The van der Waals surface area contributed by atoms with Crippen molar-refractivity contribution in [3.05, 3.63) is 58.4 Å². The molecule has 0 atom stereocenters. The van der Waals surface area contributed by atoms with Gasteiger partial charge in [-0.15, -0.1) is 0 Å². The number of benzene rings is 2. The zero-order valence-corrected chi connectivity index (χ0v) is 11.7. The van der Waals surface area contributed by atoms with Gasteiger partial charge in [-0.2, -0.15) is 0 Å². The van der Waals surface area contributed by atoms with Crippen LogP contribution in [0.2, 0.25) is 5.02 Å². The summed E-state index contributed by atoms with van der Waals surface area (Å²) < 4.78 is 13.4. The Labute approximate surface area is 117 Å². The Balaban J connectivity index is 2.22. The van der Waals surface area contributed by atoms with Crippen LogP contribution in [0.1, 0.15) is 11.1 Å². The molecular formula is C15H16ClFN2. The largest absolute Gasteiger partial charge is 0.397 e. The molecule has 0 saturated heterocycles. The third-order valence-electron chi connectivity index (χ3n) is 3.05. The monoisotopic (exact) mass is 278 g/mol. The highest BCUT2D eigenvalue weighted by Gasteiger charge is 2.09. The summed E-state index contributed by atoms with van der Waals surface area (Å²) >= 11 is 5.85. The minimum absolute atomic E-state index is 0.277. The van der Waals surface area contributed by atoms with E-state index < -0.39 is 0 Å². The molecule has 2 rings (SSSR count). The van der Waals surface area contributed by atoms with Crippen LogP contribution in [0.4, 0.5) is 15.8 Å². The maximum absolute atomic E-state index is 13.4. The number of hydrogen-bond acceptors (Lipinski definition) is 2. The number of rotatable bonds is 3. The average molecular weight is 279 g/mol. The van der Waals surface area contributed by atoms with Crippen molar-refractivity contribution in [1.29, 1.82) is 0 Å². The molecule has 0 heterocycles. The van der Waals surface area contributed by atoms with Crippen molar-refractivity contribution in [2.24, 2.45) is 0 Å². The summed E-state index contributed by atoms with van der Waals surface area (Å²) in [4.78, 5) is 1.99. The molecular weight excluding hydrogens is 263 g/mol. The van der Waals surface area contributed by atoms with E-state index >= 15 is 0 Å². The van der Waals surface area contributed by atoms with Gasteiger partial charge < -0.3 is 10.6 Å². The number of halogens is 2. The van der Waals surface area contributed by atoms with Crippen LogP contribution in [-0.2, 0) is 6.54 Å². The van der Waals surface area contributed by atoms with Crippen molar-refractivity contribution >= 4 is 23.0 Å². The van der Waals surface area contributed by atoms with Gasteiger partial charge in [-0.3, -0.25) is 0 Å². The van der Waals surface area contributed by atoms with Gasteiger partial charge >= 0.3 is 0 Å². The van der Waals surface area contributed by atoms with Gasteiger partial charge in [0.2, 0.25) is 0 Å². The molecule has 0 aromatic heterocycles. The van der Waals surface area contributed by atoms with Crippen LogP contribution in [-0.4, -0.2) is 7.05 Å². The molecule has 0 aliphatic carbocycles. The fourth-order valence-electron chi connectivity index (χ4n) is 1.96. The van der Waals surface area contributed by atoms with Crippen molar-refractivity contribution in [3.63, 3.8) is 0 Å². The zero-order chi connectivity index (χ0) is 14.0. The first kappa shape index (κ1) is 13.7. The van der Waals surface area contributed by atoms with Crippen molar-refractivity contribution in [2.45, 2.75) is 13.5 Å². The summed E-state index contributed by atoms with van der Waals surface area (Å²) in [6, 6.07) is 10.8. The smallest absolute Gasteiger partial charge is 0.128 e. The second kappa shape index (κ2) is 5.49. The highest BCUT2D eigenvalue weighted by molar-refractivity contribution is 6.30. The minimum Gasteiger partial charge on any atom is -0.397 e. The van der Waals surface area contributed by atoms with Crippen LogP contribution in [0, 0.1) is 12.7 Å². The Morgan fingerprint density at radius 2 is 1.84 bits per heavy atom. The van der Waals surface area contributed by atoms with Gasteiger partial charge in [-0.05, 0) is 42.3 Å². The van der Waals surface area contributed by atoms with Crippen LogP contribution >= 0.6 is 11.6 Å². The van der Waals surface area contributed by atoms with E-state index in [1.807, 2.05) is 36.2 Å². The average Bonchev–Trinajstić information content (AvgIpc) is 2.36. The van der Waals surface area contributed by atoms with Gasteiger partial charge in [0.1, 0.15) is 5.82 Å². The summed E-state index contributed by atoms with van der Waals surface area (Å²) in [5.74, 6) is -0.277. The van der Waals surface area contributed by atoms with E-state index in [-0.39, 0.29) is 5.82 Å². The lowest BCUT2D eigenvalue weighted by Crippen LogP contribution is -2.18. The maximum atomic E-state index is 13.4. The summed E-state index contributed by atoms with van der Waals surface area (Å²) in [5.41, 5.74) is 8.85. The molecule has 0 aliphatic heterocycles. The van der Waals surface area contributed by atoms with Crippen LogP contribution in [0.25, 0.3) is 0 Å². The minimum atomic E-state index is -0.277.